The maximum atomic E-state index is 13.5. The first-order valence-electron chi connectivity index (χ1n) is 10.9. The van der Waals surface area contributed by atoms with E-state index in [4.69, 9.17) is 18.9 Å². The van der Waals surface area contributed by atoms with Crippen molar-refractivity contribution in [1.29, 1.82) is 0 Å². The van der Waals surface area contributed by atoms with Gasteiger partial charge in [0.1, 0.15) is 0 Å². The van der Waals surface area contributed by atoms with Crippen LogP contribution in [0, 0.1) is 5.92 Å². The van der Waals surface area contributed by atoms with Gasteiger partial charge in [-0.2, -0.15) is 0 Å². The highest BCUT2D eigenvalue weighted by Crippen LogP contribution is 2.38. The highest BCUT2D eigenvalue weighted by molar-refractivity contribution is 5.95. The lowest BCUT2D eigenvalue weighted by molar-refractivity contribution is -0.0513. The Kier molecular flexibility index (Phi) is 9.87. The molecule has 1 heterocycles. The number of hydrogen-bond donors (Lipinski definition) is 1. The number of aliphatic hydroxyl groups is 1. The lowest BCUT2D eigenvalue weighted by atomic mass is 10.1. The molecular formula is C23H38N2O6. The number of rotatable bonds is 11. The van der Waals surface area contributed by atoms with Gasteiger partial charge in [-0.25, -0.2) is 0 Å². The second-order valence-electron chi connectivity index (χ2n) is 8.33. The average Bonchev–Trinajstić information content (AvgIpc) is 2.76. The van der Waals surface area contributed by atoms with E-state index in [1.54, 1.807) is 12.1 Å². The summed E-state index contributed by atoms with van der Waals surface area (Å²) in [5, 5.41) is 9.99. The first-order chi connectivity index (χ1) is 14.8. The lowest BCUT2D eigenvalue weighted by Gasteiger charge is -2.37. The molecule has 1 N–H and O–H groups in total. The molecule has 2 atom stereocenters. The average molecular weight is 439 g/mol. The minimum absolute atomic E-state index is 0.109. The third-order valence-electron chi connectivity index (χ3n) is 5.37. The van der Waals surface area contributed by atoms with Crippen LogP contribution in [0.25, 0.3) is 0 Å². The van der Waals surface area contributed by atoms with E-state index in [0.717, 1.165) is 13.0 Å². The molecule has 0 saturated carbocycles. The summed E-state index contributed by atoms with van der Waals surface area (Å²) in [7, 11) is 4.60. The first kappa shape index (κ1) is 25.2. The predicted octanol–water partition coefficient (Wildman–Crippen LogP) is 2.28. The molecule has 176 valence electrons. The maximum Gasteiger partial charge on any atom is 0.254 e. The predicted molar refractivity (Wildman–Crippen MR) is 119 cm³/mol. The van der Waals surface area contributed by atoms with Gasteiger partial charge in [-0.05, 0) is 24.5 Å². The Morgan fingerprint density at radius 3 is 2.39 bits per heavy atom. The highest BCUT2D eigenvalue weighted by Gasteiger charge is 2.28. The second kappa shape index (κ2) is 12.1. The Labute approximate surface area is 186 Å². The maximum absolute atomic E-state index is 13.5. The van der Waals surface area contributed by atoms with Gasteiger partial charge in [-0.3, -0.25) is 9.69 Å². The summed E-state index contributed by atoms with van der Waals surface area (Å²) < 4.78 is 22.2. The molecule has 1 aromatic rings. The number of aliphatic hydroxyl groups excluding tert-OH is 1. The van der Waals surface area contributed by atoms with Crippen molar-refractivity contribution in [2.24, 2.45) is 5.92 Å². The standard InChI is InChI=1S/C23H38N2O6/c1-7-18(26)13-24-8-9-31-19(14-24)15-25(12-16(2)3)23(27)17-10-20(28-4)22(30-6)21(11-17)29-5/h10-11,16,18-19,26H,7-9,12-15H2,1-6H3/t18-,19+/m0/s1. The molecule has 1 saturated heterocycles. The number of morpholine rings is 1. The minimum atomic E-state index is -0.341. The molecule has 0 unspecified atom stereocenters. The number of methoxy groups -OCH3 is 3. The van der Waals surface area contributed by atoms with E-state index in [9.17, 15) is 9.90 Å². The van der Waals surface area contributed by atoms with Crippen LogP contribution < -0.4 is 14.2 Å². The monoisotopic (exact) mass is 438 g/mol. The van der Waals surface area contributed by atoms with Gasteiger partial charge < -0.3 is 29.0 Å². The van der Waals surface area contributed by atoms with Crippen LogP contribution in [0.4, 0.5) is 0 Å². The summed E-state index contributed by atoms with van der Waals surface area (Å²) in [5.41, 5.74) is 0.476. The SMILES string of the molecule is CC[C@H](O)CN1CCO[C@@H](CN(CC(C)C)C(=O)c2cc(OC)c(OC)c(OC)c2)C1. The largest absolute Gasteiger partial charge is 0.493 e. The zero-order chi connectivity index (χ0) is 23.0. The number of nitrogens with zero attached hydrogens (tertiary/aromatic N) is 2. The molecule has 1 fully saturated rings. The third-order valence-corrected chi connectivity index (χ3v) is 5.37. The minimum Gasteiger partial charge on any atom is -0.493 e. The number of β-amino-alcohol motifs (C(OH)–C–C–N with tert-alkyl or cyclic N) is 1. The van der Waals surface area contributed by atoms with Crippen molar-refractivity contribution in [3.63, 3.8) is 0 Å². The number of hydrogen-bond acceptors (Lipinski definition) is 7. The van der Waals surface area contributed by atoms with E-state index < -0.39 is 0 Å². The third kappa shape index (κ3) is 6.98. The van der Waals surface area contributed by atoms with Crippen molar-refractivity contribution in [1.82, 2.24) is 9.80 Å². The van der Waals surface area contributed by atoms with Gasteiger partial charge in [0.05, 0.1) is 40.1 Å². The number of amides is 1. The summed E-state index contributed by atoms with van der Waals surface area (Å²) in [6.07, 6.45) is 0.273. The van der Waals surface area contributed by atoms with Crippen LogP contribution >= 0.6 is 0 Å². The Morgan fingerprint density at radius 2 is 1.87 bits per heavy atom. The fourth-order valence-corrected chi connectivity index (χ4v) is 3.80. The lowest BCUT2D eigenvalue weighted by Crippen LogP contribution is -2.50. The molecule has 1 aromatic carbocycles. The molecule has 2 rings (SSSR count). The molecule has 8 heteroatoms. The van der Waals surface area contributed by atoms with Crippen molar-refractivity contribution < 1.29 is 28.8 Å². The summed E-state index contributed by atoms with van der Waals surface area (Å²) in [6.45, 7) is 9.92. The molecule has 0 aliphatic carbocycles. The molecule has 0 radical (unpaired) electrons. The van der Waals surface area contributed by atoms with Gasteiger partial charge >= 0.3 is 0 Å². The van der Waals surface area contributed by atoms with Gasteiger partial charge in [0.25, 0.3) is 5.91 Å². The van der Waals surface area contributed by atoms with Gasteiger partial charge in [-0.15, -0.1) is 0 Å². The van der Waals surface area contributed by atoms with Gasteiger partial charge in [0.2, 0.25) is 5.75 Å². The fraction of sp³-hybridized carbons (Fsp3) is 0.696. The summed E-state index contributed by atoms with van der Waals surface area (Å²) in [5.74, 6) is 1.54. The molecule has 1 aliphatic heterocycles. The van der Waals surface area contributed by atoms with Crippen LogP contribution in [-0.2, 0) is 4.74 Å². The molecule has 1 aliphatic rings. The Morgan fingerprint density at radius 1 is 1.23 bits per heavy atom. The molecule has 0 bridgehead atoms. The quantitative estimate of drug-likeness (QED) is 0.568. The van der Waals surface area contributed by atoms with Crippen molar-refractivity contribution in [3.05, 3.63) is 17.7 Å². The van der Waals surface area contributed by atoms with E-state index in [1.165, 1.54) is 21.3 Å². The summed E-state index contributed by atoms with van der Waals surface area (Å²) in [4.78, 5) is 17.5. The first-order valence-corrected chi connectivity index (χ1v) is 10.9. The van der Waals surface area contributed by atoms with Crippen LogP contribution in [0.5, 0.6) is 17.2 Å². The molecule has 0 aromatic heterocycles. The van der Waals surface area contributed by atoms with E-state index in [2.05, 4.69) is 18.7 Å². The number of carbonyl (C=O) groups excluding carboxylic acids is 1. The van der Waals surface area contributed by atoms with Gasteiger partial charge in [-0.1, -0.05) is 20.8 Å². The zero-order valence-electron chi connectivity index (χ0n) is 19.7. The second-order valence-corrected chi connectivity index (χ2v) is 8.33. The highest BCUT2D eigenvalue weighted by atomic mass is 16.5. The van der Waals surface area contributed by atoms with Gasteiger partial charge in [0, 0.05) is 38.3 Å². The normalized spacial score (nSPS) is 18.0. The van der Waals surface area contributed by atoms with Crippen molar-refractivity contribution in [2.75, 3.05) is 60.7 Å². The number of carbonyl (C=O) groups is 1. The number of ether oxygens (including phenoxy) is 4. The van der Waals surface area contributed by atoms with Crippen molar-refractivity contribution in [3.8, 4) is 17.2 Å². The molecule has 0 spiro atoms. The Bertz CT molecular complexity index is 686. The molecule has 31 heavy (non-hydrogen) atoms. The smallest absolute Gasteiger partial charge is 0.254 e. The number of benzene rings is 1. The van der Waals surface area contributed by atoms with E-state index >= 15 is 0 Å². The summed E-state index contributed by atoms with van der Waals surface area (Å²) in [6, 6.07) is 3.37. The van der Waals surface area contributed by atoms with E-state index in [1.807, 2.05) is 11.8 Å². The molecular weight excluding hydrogens is 400 g/mol. The van der Waals surface area contributed by atoms with Crippen molar-refractivity contribution in [2.45, 2.75) is 39.4 Å². The van der Waals surface area contributed by atoms with Crippen LogP contribution in [-0.4, -0.2) is 93.7 Å². The topological polar surface area (TPSA) is 80.7 Å². The van der Waals surface area contributed by atoms with E-state index in [-0.39, 0.29) is 18.1 Å². The van der Waals surface area contributed by atoms with Gasteiger partial charge in [0.15, 0.2) is 11.5 Å². The van der Waals surface area contributed by atoms with E-state index in [0.29, 0.717) is 61.5 Å². The molecule has 1 amide bonds. The Hall–Kier alpha value is -2.03. The van der Waals surface area contributed by atoms with Crippen LogP contribution in [0.15, 0.2) is 12.1 Å². The van der Waals surface area contributed by atoms with Crippen LogP contribution in [0.1, 0.15) is 37.6 Å². The van der Waals surface area contributed by atoms with Crippen molar-refractivity contribution >= 4 is 5.91 Å². The van der Waals surface area contributed by atoms with Crippen LogP contribution in [0.2, 0.25) is 0 Å². The van der Waals surface area contributed by atoms with Crippen LogP contribution in [0.3, 0.4) is 0 Å². The fourth-order valence-electron chi connectivity index (χ4n) is 3.80. The summed E-state index contributed by atoms with van der Waals surface area (Å²) >= 11 is 0. The zero-order valence-corrected chi connectivity index (χ0v) is 19.7. The Balaban J connectivity index is 2.21. The molecule has 8 nitrogen and oxygen atoms in total.